The first kappa shape index (κ1) is 18.2. The van der Waals surface area contributed by atoms with Crippen LogP contribution < -0.4 is 0 Å². The van der Waals surface area contributed by atoms with Crippen LogP contribution in [0.3, 0.4) is 0 Å². The number of rotatable bonds is 6. The Labute approximate surface area is 164 Å². The third kappa shape index (κ3) is 4.05. The zero-order valence-corrected chi connectivity index (χ0v) is 16.7. The molecule has 4 rings (SSSR count). The molecule has 0 bridgehead atoms. The molecule has 1 fully saturated rings. The number of aryl methyl sites for hydroxylation is 3. The lowest BCUT2D eigenvalue weighted by Gasteiger charge is -2.25. The molecule has 142 valence electrons. The summed E-state index contributed by atoms with van der Waals surface area (Å²) in [5, 5.41) is 3.00. The van der Waals surface area contributed by atoms with Crippen molar-refractivity contribution in [2.45, 2.75) is 44.9 Å². The number of benzene rings is 1. The summed E-state index contributed by atoms with van der Waals surface area (Å²) in [6, 6.07) is 8.26. The summed E-state index contributed by atoms with van der Waals surface area (Å²) in [5.41, 5.74) is 2.89. The molecule has 2 aromatic heterocycles. The van der Waals surface area contributed by atoms with Gasteiger partial charge in [0.05, 0.1) is 16.0 Å². The second kappa shape index (κ2) is 8.21. The summed E-state index contributed by atoms with van der Waals surface area (Å²) in [4.78, 5) is 23.8. The van der Waals surface area contributed by atoms with Gasteiger partial charge >= 0.3 is 0 Å². The summed E-state index contributed by atoms with van der Waals surface area (Å²) < 4.78 is 2.19. The number of nitrogens with zero attached hydrogens (tertiary/aromatic N) is 4. The molecule has 1 saturated heterocycles. The number of para-hydroxylation sites is 2. The minimum Gasteiger partial charge on any atom is -0.337 e. The van der Waals surface area contributed by atoms with E-state index in [0.29, 0.717) is 5.69 Å². The maximum Gasteiger partial charge on any atom is 0.273 e. The van der Waals surface area contributed by atoms with Gasteiger partial charge in [-0.05, 0) is 50.7 Å². The molecule has 3 heterocycles. The monoisotopic (exact) mass is 382 g/mol. The van der Waals surface area contributed by atoms with Crippen LogP contribution in [-0.2, 0) is 19.9 Å². The molecule has 0 N–H and O–H groups in total. The minimum absolute atomic E-state index is 0.108. The van der Waals surface area contributed by atoms with E-state index in [1.165, 1.54) is 11.9 Å². The van der Waals surface area contributed by atoms with Gasteiger partial charge in [-0.3, -0.25) is 4.79 Å². The summed E-state index contributed by atoms with van der Waals surface area (Å²) in [6.45, 7) is 1.76. The molecule has 0 saturated carbocycles. The van der Waals surface area contributed by atoms with E-state index < -0.39 is 0 Å². The van der Waals surface area contributed by atoms with Gasteiger partial charge in [-0.15, -0.1) is 11.3 Å². The van der Waals surface area contributed by atoms with Gasteiger partial charge in [-0.1, -0.05) is 12.1 Å². The van der Waals surface area contributed by atoms with Crippen molar-refractivity contribution in [2.24, 2.45) is 7.05 Å². The molecular weight excluding hydrogens is 356 g/mol. The van der Waals surface area contributed by atoms with Crippen molar-refractivity contribution < 1.29 is 4.79 Å². The van der Waals surface area contributed by atoms with Crippen LogP contribution in [0.25, 0.3) is 11.0 Å². The number of hydrogen-bond donors (Lipinski definition) is 0. The number of thiazole rings is 1. The van der Waals surface area contributed by atoms with Gasteiger partial charge < -0.3 is 9.47 Å². The zero-order chi connectivity index (χ0) is 18.6. The highest BCUT2D eigenvalue weighted by molar-refractivity contribution is 7.09. The average molecular weight is 383 g/mol. The standard InChI is InChI=1S/C21H26N4OS/c1-24-18-10-4-3-9-16(18)22-19(24)11-5-6-12-20-23-17(15-27-20)21(26)25-13-7-2-8-14-25/h3-4,9-10,15H,2,5-8,11-14H2,1H3. The predicted octanol–water partition coefficient (Wildman–Crippen LogP) is 4.22. The number of piperidine rings is 1. The molecule has 5 nitrogen and oxygen atoms in total. The average Bonchev–Trinajstić information content (AvgIpc) is 3.31. The SMILES string of the molecule is Cn1c(CCCCc2nc(C(=O)N3CCCCC3)cs2)nc2ccccc21. The molecule has 6 heteroatoms. The van der Waals surface area contributed by atoms with Crippen molar-refractivity contribution in [1.29, 1.82) is 0 Å². The Morgan fingerprint density at radius 2 is 1.85 bits per heavy atom. The van der Waals surface area contributed by atoms with E-state index in [2.05, 4.69) is 34.8 Å². The molecule has 1 aliphatic heterocycles. The van der Waals surface area contributed by atoms with Crippen molar-refractivity contribution in [2.75, 3.05) is 13.1 Å². The maximum absolute atomic E-state index is 12.5. The summed E-state index contributed by atoms with van der Waals surface area (Å²) in [5.74, 6) is 1.24. The first-order valence-corrected chi connectivity index (χ1v) is 10.7. The Morgan fingerprint density at radius 1 is 1.07 bits per heavy atom. The fourth-order valence-corrected chi connectivity index (χ4v) is 4.58. The van der Waals surface area contributed by atoms with Crippen LogP contribution in [0.2, 0.25) is 0 Å². The lowest BCUT2D eigenvalue weighted by molar-refractivity contribution is 0.0719. The van der Waals surface area contributed by atoms with Gasteiger partial charge in [0.2, 0.25) is 0 Å². The molecule has 27 heavy (non-hydrogen) atoms. The van der Waals surface area contributed by atoms with Crippen LogP contribution in [0, 0.1) is 0 Å². The Hall–Kier alpha value is -2.21. The van der Waals surface area contributed by atoms with E-state index in [0.717, 1.165) is 68.0 Å². The second-order valence-corrected chi connectivity index (χ2v) is 8.20. The number of likely N-dealkylation sites (tertiary alicyclic amines) is 1. The van der Waals surface area contributed by atoms with E-state index in [-0.39, 0.29) is 5.91 Å². The van der Waals surface area contributed by atoms with Crippen LogP contribution in [-0.4, -0.2) is 38.4 Å². The van der Waals surface area contributed by atoms with Crippen LogP contribution >= 0.6 is 11.3 Å². The minimum atomic E-state index is 0.108. The maximum atomic E-state index is 12.5. The van der Waals surface area contributed by atoms with Crippen molar-refractivity contribution in [1.82, 2.24) is 19.4 Å². The Kier molecular flexibility index (Phi) is 5.53. The van der Waals surface area contributed by atoms with Gasteiger partial charge in [-0.2, -0.15) is 0 Å². The number of hydrogen-bond acceptors (Lipinski definition) is 4. The molecule has 0 radical (unpaired) electrons. The zero-order valence-electron chi connectivity index (χ0n) is 15.9. The summed E-state index contributed by atoms with van der Waals surface area (Å²) in [6.07, 6.45) is 7.51. The van der Waals surface area contributed by atoms with E-state index in [9.17, 15) is 4.79 Å². The highest BCUT2D eigenvalue weighted by Crippen LogP contribution is 2.19. The fraction of sp³-hybridized carbons (Fsp3) is 0.476. The Morgan fingerprint density at radius 3 is 2.67 bits per heavy atom. The highest BCUT2D eigenvalue weighted by atomic mass is 32.1. The van der Waals surface area contributed by atoms with Crippen molar-refractivity contribution in [3.05, 3.63) is 46.2 Å². The van der Waals surface area contributed by atoms with Gasteiger partial charge in [0.1, 0.15) is 11.5 Å². The molecule has 3 aromatic rings. The van der Waals surface area contributed by atoms with Crippen LogP contribution in [0.15, 0.2) is 29.6 Å². The number of aromatic nitrogens is 3. The number of fused-ring (bicyclic) bond motifs is 1. The highest BCUT2D eigenvalue weighted by Gasteiger charge is 2.20. The lowest BCUT2D eigenvalue weighted by atomic mass is 10.1. The molecule has 0 unspecified atom stereocenters. The second-order valence-electron chi connectivity index (χ2n) is 7.26. The van der Waals surface area contributed by atoms with Crippen LogP contribution in [0.4, 0.5) is 0 Å². The number of carbonyl (C=O) groups is 1. The topological polar surface area (TPSA) is 51.0 Å². The van der Waals surface area contributed by atoms with Crippen molar-refractivity contribution in [3.63, 3.8) is 0 Å². The molecule has 1 aromatic carbocycles. The Balaban J connectivity index is 1.28. The summed E-state index contributed by atoms with van der Waals surface area (Å²) in [7, 11) is 2.09. The molecule has 1 aliphatic rings. The van der Waals surface area contributed by atoms with Gasteiger partial charge in [0, 0.05) is 31.9 Å². The van der Waals surface area contributed by atoms with Crippen LogP contribution in [0.5, 0.6) is 0 Å². The number of unbranched alkanes of at least 4 members (excludes halogenated alkanes) is 1. The van der Waals surface area contributed by atoms with Crippen molar-refractivity contribution >= 4 is 28.3 Å². The fourth-order valence-electron chi connectivity index (χ4n) is 3.76. The van der Waals surface area contributed by atoms with E-state index in [1.807, 2.05) is 16.3 Å². The Bertz CT molecular complexity index is 923. The summed E-state index contributed by atoms with van der Waals surface area (Å²) >= 11 is 1.62. The molecule has 0 aliphatic carbocycles. The third-order valence-electron chi connectivity index (χ3n) is 5.33. The number of imidazole rings is 1. The molecular formula is C21H26N4OS. The van der Waals surface area contributed by atoms with E-state index in [4.69, 9.17) is 4.98 Å². The normalized spacial score (nSPS) is 14.8. The van der Waals surface area contributed by atoms with Crippen molar-refractivity contribution in [3.8, 4) is 0 Å². The molecule has 1 amide bonds. The molecule has 0 spiro atoms. The lowest BCUT2D eigenvalue weighted by Crippen LogP contribution is -2.35. The first-order valence-electron chi connectivity index (χ1n) is 9.86. The van der Waals surface area contributed by atoms with Gasteiger partial charge in [0.15, 0.2) is 0 Å². The largest absolute Gasteiger partial charge is 0.337 e. The van der Waals surface area contributed by atoms with E-state index >= 15 is 0 Å². The predicted molar refractivity (Wildman–Crippen MR) is 109 cm³/mol. The number of amides is 1. The van der Waals surface area contributed by atoms with Gasteiger partial charge in [0.25, 0.3) is 5.91 Å². The van der Waals surface area contributed by atoms with Crippen LogP contribution in [0.1, 0.15) is 53.4 Å². The van der Waals surface area contributed by atoms with Gasteiger partial charge in [-0.25, -0.2) is 9.97 Å². The van der Waals surface area contributed by atoms with E-state index in [1.54, 1.807) is 11.3 Å². The molecule has 0 atom stereocenters. The smallest absolute Gasteiger partial charge is 0.273 e. The first-order chi connectivity index (χ1) is 13.2. The quantitative estimate of drug-likeness (QED) is 0.600. The number of carbonyl (C=O) groups excluding carboxylic acids is 1. The third-order valence-corrected chi connectivity index (χ3v) is 6.24.